The molecule has 2 aliphatic heterocycles. The highest BCUT2D eigenvalue weighted by molar-refractivity contribution is 8.18. The maximum Gasteiger partial charge on any atom is 0.328 e. The molecule has 0 saturated carbocycles. The van der Waals surface area contributed by atoms with E-state index in [1.807, 2.05) is 6.07 Å². The van der Waals surface area contributed by atoms with Crippen LogP contribution in [0.25, 0.3) is 0 Å². The summed E-state index contributed by atoms with van der Waals surface area (Å²) in [6, 6.07) is 6.94. The van der Waals surface area contributed by atoms with E-state index < -0.39 is 39.3 Å². The molecular formula is C17H18N6O5S2. The average Bonchev–Trinajstić information content (AvgIpc) is 3.24. The fourth-order valence-electron chi connectivity index (χ4n) is 3.37. The molecule has 158 valence electrons. The number of carbonyl (C=O) groups is 3. The highest BCUT2D eigenvalue weighted by Crippen LogP contribution is 2.57. The second-order valence-corrected chi connectivity index (χ2v) is 10.1. The zero-order valence-corrected chi connectivity index (χ0v) is 17.6. The summed E-state index contributed by atoms with van der Waals surface area (Å²) in [6.07, 6.45) is 0. The normalized spacial score (nSPS) is 27.3. The Kier molecular flexibility index (Phi) is 5.32. The van der Waals surface area contributed by atoms with Gasteiger partial charge in [-0.3, -0.25) is 9.59 Å². The Labute approximate surface area is 179 Å². The van der Waals surface area contributed by atoms with Crippen LogP contribution in [0.4, 0.5) is 0 Å². The predicted molar refractivity (Wildman–Crippen MR) is 107 cm³/mol. The number of nitrogens with one attached hydrogen (secondary N) is 1. The lowest BCUT2D eigenvalue weighted by Crippen LogP contribution is -2.70. The summed E-state index contributed by atoms with van der Waals surface area (Å²) in [5.74, 6) is -1.48. The Morgan fingerprint density at radius 3 is 2.73 bits per heavy atom. The van der Waals surface area contributed by atoms with Crippen molar-refractivity contribution >= 4 is 41.3 Å². The van der Waals surface area contributed by atoms with E-state index in [1.54, 1.807) is 38.2 Å². The molecule has 0 radical (unpaired) electrons. The first-order valence-electron chi connectivity index (χ1n) is 8.91. The van der Waals surface area contributed by atoms with Gasteiger partial charge in [-0.1, -0.05) is 30.0 Å². The molecule has 30 heavy (non-hydrogen) atoms. The van der Waals surface area contributed by atoms with Gasteiger partial charge < -0.3 is 20.1 Å². The maximum absolute atomic E-state index is 12.7. The van der Waals surface area contributed by atoms with E-state index in [2.05, 4.69) is 20.8 Å². The van der Waals surface area contributed by atoms with Crippen LogP contribution in [0.2, 0.25) is 0 Å². The summed E-state index contributed by atoms with van der Waals surface area (Å²) >= 11 is 2.48. The van der Waals surface area contributed by atoms with Crippen LogP contribution in [0.1, 0.15) is 6.92 Å². The number of tetrazole rings is 1. The molecule has 2 amide bonds. The minimum atomic E-state index is -1.12. The standard InChI is InChI=1S/C17H18N6O5S2/c1-17(30-16-19-20-21-22(16)2)12(15(26)27)23-13(25)11(14(23)29-17)18-10(24)8-28-9-6-4-3-5-7-9/h3-7,11-12,14H,8H2,1-2H3,(H,18,24)(H,26,27)/t11-,12-,14-,17-/m1/s1. The number of nitrogens with zero attached hydrogens (tertiary/aromatic N) is 5. The SMILES string of the molecule is Cn1nnnc1S[C@@]1(C)S[C@@H]2[C@H](NC(=O)COc3ccccc3)C(=O)N2[C@@H]1C(=O)O. The number of hydrogen-bond acceptors (Lipinski definition) is 9. The molecule has 4 rings (SSSR count). The number of thioether (sulfide) groups is 2. The summed E-state index contributed by atoms with van der Waals surface area (Å²) in [5, 5.41) is 23.6. The summed E-state index contributed by atoms with van der Waals surface area (Å²) in [6.45, 7) is 1.49. The Morgan fingerprint density at radius 1 is 1.37 bits per heavy atom. The number of para-hydroxylation sites is 1. The summed E-state index contributed by atoms with van der Waals surface area (Å²) in [4.78, 5) is 38.2. The van der Waals surface area contributed by atoms with Crippen LogP contribution in [-0.2, 0) is 21.4 Å². The molecule has 13 heteroatoms. The molecule has 0 bridgehead atoms. The van der Waals surface area contributed by atoms with Crippen LogP contribution in [0.15, 0.2) is 35.5 Å². The Bertz CT molecular complexity index is 988. The van der Waals surface area contributed by atoms with E-state index in [4.69, 9.17) is 4.74 Å². The Hall–Kier alpha value is -2.80. The number of hydrogen-bond donors (Lipinski definition) is 2. The highest BCUT2D eigenvalue weighted by atomic mass is 32.2. The van der Waals surface area contributed by atoms with Gasteiger partial charge in [-0.15, -0.1) is 16.9 Å². The number of carbonyl (C=O) groups excluding carboxylic acids is 2. The van der Waals surface area contributed by atoms with Gasteiger partial charge in [-0.05, 0) is 29.5 Å². The zero-order chi connectivity index (χ0) is 21.5. The number of rotatable bonds is 7. The lowest BCUT2D eigenvalue weighted by molar-refractivity contribution is -0.160. The van der Waals surface area contributed by atoms with Crippen LogP contribution >= 0.6 is 23.5 Å². The number of aliphatic carboxylic acids is 1. The summed E-state index contributed by atoms with van der Waals surface area (Å²) < 4.78 is 5.90. The van der Waals surface area contributed by atoms with Crippen LogP contribution in [0, 0.1) is 0 Å². The predicted octanol–water partition coefficient (Wildman–Crippen LogP) is -0.0495. The maximum atomic E-state index is 12.7. The molecule has 0 spiro atoms. The molecule has 2 aliphatic rings. The van der Waals surface area contributed by atoms with Crippen molar-refractivity contribution in [2.45, 2.75) is 33.6 Å². The van der Waals surface area contributed by atoms with Gasteiger partial charge in [0.1, 0.15) is 17.2 Å². The molecule has 2 N–H and O–H groups in total. The number of aromatic nitrogens is 4. The Morgan fingerprint density at radius 2 is 2.10 bits per heavy atom. The van der Waals surface area contributed by atoms with E-state index in [9.17, 15) is 19.5 Å². The second-order valence-electron chi connectivity index (χ2n) is 6.84. The van der Waals surface area contributed by atoms with E-state index in [0.717, 1.165) is 0 Å². The van der Waals surface area contributed by atoms with Gasteiger partial charge in [-0.25, -0.2) is 9.48 Å². The van der Waals surface area contributed by atoms with Gasteiger partial charge in [0.05, 0.1) is 4.08 Å². The topological polar surface area (TPSA) is 140 Å². The number of β-lactam (4-membered cyclic amide) rings is 1. The number of carboxylic acid groups (broad SMARTS) is 1. The van der Waals surface area contributed by atoms with Crippen LogP contribution in [-0.4, -0.2) is 76.1 Å². The monoisotopic (exact) mass is 450 g/mol. The van der Waals surface area contributed by atoms with Gasteiger partial charge >= 0.3 is 5.97 Å². The first-order valence-corrected chi connectivity index (χ1v) is 10.6. The first kappa shape index (κ1) is 20.5. The third kappa shape index (κ3) is 3.58. The van der Waals surface area contributed by atoms with Gasteiger partial charge in [0.2, 0.25) is 11.1 Å². The fourth-order valence-corrected chi connectivity index (χ4v) is 6.50. The van der Waals surface area contributed by atoms with Crippen molar-refractivity contribution in [2.75, 3.05) is 6.61 Å². The van der Waals surface area contributed by atoms with Crippen molar-refractivity contribution < 1.29 is 24.2 Å². The van der Waals surface area contributed by atoms with E-state index in [1.165, 1.54) is 33.1 Å². The number of aryl methyl sites for hydroxylation is 1. The average molecular weight is 451 g/mol. The molecule has 2 saturated heterocycles. The van der Waals surface area contributed by atoms with E-state index in [-0.39, 0.29) is 6.61 Å². The van der Waals surface area contributed by atoms with Gasteiger partial charge in [0, 0.05) is 7.05 Å². The minimum absolute atomic E-state index is 0.246. The molecule has 1 aromatic carbocycles. The number of amides is 2. The van der Waals surface area contributed by atoms with Gasteiger partial charge in [0.25, 0.3) is 5.91 Å². The van der Waals surface area contributed by atoms with E-state index in [0.29, 0.717) is 10.9 Å². The summed E-state index contributed by atoms with van der Waals surface area (Å²) in [5.41, 5.74) is 0. The largest absolute Gasteiger partial charge is 0.484 e. The lowest BCUT2D eigenvalue weighted by Gasteiger charge is -2.43. The van der Waals surface area contributed by atoms with Crippen molar-refractivity contribution in [3.8, 4) is 5.75 Å². The lowest BCUT2D eigenvalue weighted by atomic mass is 10.0. The fraction of sp³-hybridized carbons (Fsp3) is 0.412. The smallest absolute Gasteiger partial charge is 0.328 e. The number of fused-ring (bicyclic) bond motifs is 1. The van der Waals surface area contributed by atoms with Crippen molar-refractivity contribution in [1.29, 1.82) is 0 Å². The van der Waals surface area contributed by atoms with Crippen LogP contribution in [0.5, 0.6) is 5.75 Å². The third-order valence-corrected chi connectivity index (χ3v) is 7.88. The summed E-state index contributed by atoms with van der Waals surface area (Å²) in [7, 11) is 1.65. The highest BCUT2D eigenvalue weighted by Gasteiger charge is 2.66. The molecule has 2 aromatic rings. The molecule has 0 aliphatic carbocycles. The quantitative estimate of drug-likeness (QED) is 0.552. The molecule has 2 fully saturated rings. The second kappa shape index (κ2) is 7.80. The van der Waals surface area contributed by atoms with Crippen LogP contribution < -0.4 is 10.1 Å². The molecule has 0 unspecified atom stereocenters. The minimum Gasteiger partial charge on any atom is -0.484 e. The van der Waals surface area contributed by atoms with Crippen molar-refractivity contribution in [3.63, 3.8) is 0 Å². The zero-order valence-electron chi connectivity index (χ0n) is 16.0. The Balaban J connectivity index is 1.44. The van der Waals surface area contributed by atoms with E-state index >= 15 is 0 Å². The first-order chi connectivity index (χ1) is 14.3. The van der Waals surface area contributed by atoms with Crippen LogP contribution in [0.3, 0.4) is 0 Å². The van der Waals surface area contributed by atoms with Crippen molar-refractivity contribution in [2.24, 2.45) is 7.05 Å². The van der Waals surface area contributed by atoms with Crippen molar-refractivity contribution in [3.05, 3.63) is 30.3 Å². The van der Waals surface area contributed by atoms with Gasteiger partial charge in [0.15, 0.2) is 12.6 Å². The molecule has 3 heterocycles. The third-order valence-electron chi connectivity index (χ3n) is 4.75. The molecule has 1 aromatic heterocycles. The molecule has 11 nitrogen and oxygen atoms in total. The number of carboxylic acids is 1. The van der Waals surface area contributed by atoms with Crippen molar-refractivity contribution in [1.82, 2.24) is 30.4 Å². The molecular weight excluding hydrogens is 432 g/mol. The molecule has 4 atom stereocenters. The number of benzene rings is 1. The van der Waals surface area contributed by atoms with Gasteiger partial charge in [-0.2, -0.15) is 0 Å². The number of ether oxygens (including phenoxy) is 1.